The van der Waals surface area contributed by atoms with Crippen molar-refractivity contribution in [1.29, 1.82) is 5.41 Å². The van der Waals surface area contributed by atoms with Gasteiger partial charge >= 0.3 is 0 Å². The number of hydrogen-bond donors (Lipinski definition) is 2. The molecule has 1 rings (SSSR count). The Hall–Kier alpha value is -1.41. The summed E-state index contributed by atoms with van der Waals surface area (Å²) in [5, 5.41) is 7.12. The molecular formula is C10H19N5O2S. The molecule has 0 atom stereocenters. The van der Waals surface area contributed by atoms with Gasteiger partial charge in [0, 0.05) is 19.8 Å². The highest BCUT2D eigenvalue weighted by atomic mass is 32.2. The molecule has 0 saturated carbocycles. The van der Waals surface area contributed by atoms with Crippen molar-refractivity contribution < 1.29 is 8.42 Å². The largest absolute Gasteiger partial charge is 0.387 e. The first-order chi connectivity index (χ1) is 8.28. The first-order valence-corrected chi connectivity index (χ1v) is 7.06. The molecule has 0 saturated heterocycles. The van der Waals surface area contributed by atoms with Gasteiger partial charge < -0.3 is 10.3 Å². The van der Waals surface area contributed by atoms with E-state index < -0.39 is 10.0 Å². The average molecular weight is 273 g/mol. The maximum Gasteiger partial charge on any atom is 0.262 e. The van der Waals surface area contributed by atoms with Crippen LogP contribution in [0.25, 0.3) is 0 Å². The van der Waals surface area contributed by atoms with Crippen molar-refractivity contribution in [2.24, 2.45) is 5.73 Å². The summed E-state index contributed by atoms with van der Waals surface area (Å²) in [5.74, 6) is 0.456. The molecule has 0 aliphatic rings. The van der Waals surface area contributed by atoms with Gasteiger partial charge in [-0.3, -0.25) is 5.41 Å². The van der Waals surface area contributed by atoms with Crippen LogP contribution in [-0.4, -0.2) is 41.7 Å². The minimum atomic E-state index is -3.67. The van der Waals surface area contributed by atoms with Crippen LogP contribution in [0.15, 0.2) is 11.2 Å². The Labute approximate surface area is 107 Å². The highest BCUT2D eigenvalue weighted by molar-refractivity contribution is 7.89. The van der Waals surface area contributed by atoms with Crippen LogP contribution < -0.4 is 5.73 Å². The number of nitrogens with one attached hydrogen (secondary N) is 1. The van der Waals surface area contributed by atoms with Crippen LogP contribution in [0.2, 0.25) is 0 Å². The predicted molar refractivity (Wildman–Crippen MR) is 69.0 cm³/mol. The third-order valence-electron chi connectivity index (χ3n) is 2.49. The maximum atomic E-state index is 12.1. The van der Waals surface area contributed by atoms with Gasteiger partial charge in [-0.1, -0.05) is 6.92 Å². The van der Waals surface area contributed by atoms with Gasteiger partial charge in [0.05, 0.1) is 6.54 Å². The van der Waals surface area contributed by atoms with Gasteiger partial charge in [0.2, 0.25) is 0 Å². The van der Waals surface area contributed by atoms with Crippen molar-refractivity contribution in [1.82, 2.24) is 13.9 Å². The molecule has 8 heteroatoms. The Morgan fingerprint density at radius 2 is 2.22 bits per heavy atom. The van der Waals surface area contributed by atoms with Crippen LogP contribution in [0, 0.1) is 12.3 Å². The summed E-state index contributed by atoms with van der Waals surface area (Å²) in [6.45, 7) is 4.36. The van der Waals surface area contributed by atoms with E-state index in [-0.39, 0.29) is 17.4 Å². The summed E-state index contributed by atoms with van der Waals surface area (Å²) in [6.07, 6.45) is 2.42. The number of aromatic nitrogens is 2. The quantitative estimate of drug-likeness (QED) is 0.569. The van der Waals surface area contributed by atoms with E-state index in [4.69, 9.17) is 11.1 Å². The zero-order valence-electron chi connectivity index (χ0n) is 10.8. The lowest BCUT2D eigenvalue weighted by molar-refractivity contribution is 0.501. The Morgan fingerprint density at radius 1 is 1.61 bits per heavy atom. The number of likely N-dealkylation sites (N-methyl/N-ethyl adjacent to an activating group) is 1. The van der Waals surface area contributed by atoms with Crippen LogP contribution in [0.5, 0.6) is 0 Å². The van der Waals surface area contributed by atoms with E-state index in [1.54, 1.807) is 11.5 Å². The first-order valence-electron chi connectivity index (χ1n) is 5.62. The molecule has 0 bridgehead atoms. The Bertz CT molecular complexity index is 534. The number of hydrogen-bond acceptors (Lipinski definition) is 4. The van der Waals surface area contributed by atoms with E-state index >= 15 is 0 Å². The molecule has 0 radical (unpaired) electrons. The van der Waals surface area contributed by atoms with E-state index in [2.05, 4.69) is 4.98 Å². The summed E-state index contributed by atoms with van der Waals surface area (Å²) in [5.41, 5.74) is 5.20. The molecule has 0 amide bonds. The van der Waals surface area contributed by atoms with Gasteiger partial charge in [-0.05, 0) is 13.3 Å². The molecular weight excluding hydrogens is 254 g/mol. The van der Waals surface area contributed by atoms with Crippen LogP contribution in [0.4, 0.5) is 0 Å². The van der Waals surface area contributed by atoms with Crippen molar-refractivity contribution in [3.05, 3.63) is 12.0 Å². The lowest BCUT2D eigenvalue weighted by atomic mass is 10.5. The topological polar surface area (TPSA) is 105 Å². The molecule has 102 valence electrons. The number of nitrogens with two attached hydrogens (primary N) is 1. The molecule has 1 aromatic rings. The minimum absolute atomic E-state index is 0.00259. The molecule has 0 aromatic carbocycles. The van der Waals surface area contributed by atoms with Gasteiger partial charge in [-0.25, -0.2) is 13.4 Å². The van der Waals surface area contributed by atoms with Crippen molar-refractivity contribution in [3.8, 4) is 0 Å². The molecule has 7 nitrogen and oxygen atoms in total. The van der Waals surface area contributed by atoms with Crippen LogP contribution in [0.1, 0.15) is 19.2 Å². The summed E-state index contributed by atoms with van der Waals surface area (Å²) in [7, 11) is -2.29. The molecule has 0 fully saturated rings. The maximum absolute atomic E-state index is 12.1. The van der Waals surface area contributed by atoms with E-state index in [1.165, 1.54) is 13.2 Å². The second-order valence-corrected chi connectivity index (χ2v) is 6.10. The lowest BCUT2D eigenvalue weighted by Crippen LogP contribution is -2.35. The van der Waals surface area contributed by atoms with Gasteiger partial charge in [-0.2, -0.15) is 4.31 Å². The fraction of sp³-hybridized carbons (Fsp3) is 0.600. The smallest absolute Gasteiger partial charge is 0.262 e. The predicted octanol–water partition coefficient (Wildman–Crippen LogP) is 0.158. The van der Waals surface area contributed by atoms with Crippen molar-refractivity contribution in [2.75, 3.05) is 13.6 Å². The van der Waals surface area contributed by atoms with Crippen LogP contribution in [-0.2, 0) is 16.6 Å². The second-order valence-electron chi connectivity index (χ2n) is 4.11. The van der Waals surface area contributed by atoms with Gasteiger partial charge in [-0.15, -0.1) is 0 Å². The highest BCUT2D eigenvalue weighted by Crippen LogP contribution is 2.14. The van der Waals surface area contributed by atoms with Gasteiger partial charge in [0.25, 0.3) is 10.0 Å². The van der Waals surface area contributed by atoms with Crippen molar-refractivity contribution >= 4 is 15.9 Å². The van der Waals surface area contributed by atoms with Gasteiger partial charge in [0.1, 0.15) is 11.7 Å². The molecule has 0 aliphatic carbocycles. The van der Waals surface area contributed by atoms with Gasteiger partial charge in [0.15, 0.2) is 5.03 Å². The third kappa shape index (κ3) is 3.08. The Kier molecular flexibility index (Phi) is 4.47. The second kappa shape index (κ2) is 5.49. The molecule has 18 heavy (non-hydrogen) atoms. The number of nitrogens with zero attached hydrogens (tertiary/aromatic N) is 3. The normalized spacial score (nSPS) is 12.0. The van der Waals surface area contributed by atoms with Crippen molar-refractivity contribution in [3.63, 3.8) is 0 Å². The summed E-state index contributed by atoms with van der Waals surface area (Å²) in [6, 6.07) is 0. The van der Waals surface area contributed by atoms with Crippen molar-refractivity contribution in [2.45, 2.75) is 31.8 Å². The van der Waals surface area contributed by atoms with E-state index in [9.17, 15) is 8.42 Å². The molecule has 1 aromatic heterocycles. The third-order valence-corrected chi connectivity index (χ3v) is 4.16. The first kappa shape index (κ1) is 14.7. The molecule has 3 N–H and O–H groups in total. The SMILES string of the molecule is CCCn1cc(S(=O)(=O)N(C)CC(=N)N)nc1C. The molecule has 0 spiro atoms. The fourth-order valence-electron chi connectivity index (χ4n) is 1.56. The van der Waals surface area contributed by atoms with Crippen LogP contribution >= 0.6 is 0 Å². The Morgan fingerprint density at radius 3 is 2.72 bits per heavy atom. The minimum Gasteiger partial charge on any atom is -0.387 e. The van der Waals surface area contributed by atoms with E-state index in [0.717, 1.165) is 17.3 Å². The number of amidine groups is 1. The molecule has 0 aliphatic heterocycles. The number of rotatable bonds is 6. The molecule has 0 unspecified atom stereocenters. The van der Waals surface area contributed by atoms with Crippen LogP contribution in [0.3, 0.4) is 0 Å². The highest BCUT2D eigenvalue weighted by Gasteiger charge is 2.24. The Balaban J connectivity index is 3.05. The zero-order valence-corrected chi connectivity index (χ0v) is 11.7. The fourth-order valence-corrected chi connectivity index (χ4v) is 2.69. The molecule has 1 heterocycles. The lowest BCUT2D eigenvalue weighted by Gasteiger charge is -2.14. The van der Waals surface area contributed by atoms with E-state index in [0.29, 0.717) is 5.82 Å². The summed E-state index contributed by atoms with van der Waals surface area (Å²) in [4.78, 5) is 4.05. The average Bonchev–Trinajstić information content (AvgIpc) is 2.60. The standard InChI is InChI=1S/C10H19N5O2S/c1-4-5-15-7-10(13-8(15)2)18(16,17)14(3)6-9(11)12/h7H,4-6H2,1-3H3,(H3,11,12). The van der Waals surface area contributed by atoms with E-state index in [1.807, 2.05) is 6.92 Å². The summed E-state index contributed by atoms with van der Waals surface area (Å²) >= 11 is 0. The number of sulfonamides is 1. The summed E-state index contributed by atoms with van der Waals surface area (Å²) < 4.78 is 27.1. The zero-order chi connectivity index (χ0) is 13.9. The number of imidazole rings is 1. The monoisotopic (exact) mass is 273 g/mol. The number of aryl methyl sites for hydroxylation is 2.